The van der Waals surface area contributed by atoms with Gasteiger partial charge in [-0.15, -0.1) is 0 Å². The van der Waals surface area contributed by atoms with Crippen molar-refractivity contribution >= 4 is 195 Å². The van der Waals surface area contributed by atoms with Crippen LogP contribution in [0, 0.1) is 31.9 Å². The standard InChI is InChI=1S/C17H23IO8.C15H23IO6.C12H15IO5.C12H17IO3.C11H11IO6.C9H9IO4.C7H7IO4.H2O/c1-16(2,3)25-14(20)23-9-8-10(22-7)12(19)13(11(9)18)24-15(21)26-17(4,5)6;1-6-19-9(3)21-11-8-12(18-5)14(17)15(13(11)16)22-10(4)20-7-2;1-12(2,3)18-11(15)17-9-6-10(16-4)8(14)5-7(9)13;1-5-15-9(3)16-12-7-11(14-4)8(2)6-10(12)13;1-5(13)17-7-4-8(16-3)10(15)11(9(7)12)18-6(2)14;1-5(11)14-8-4-9(13-2)7(12)3-6(8)10;1-12-4-2-3(9)5(8)7(11)6(4)10;/h8,19H,1-7H3;8-10,17H,6-7H2,1-5H3;5-6,14H,1-4H3;6-7,9H,5H2,1-4H3;4,15H,1-3H3;3-4,12H,1-2H3;2,9-11H,1H3;1H2. The molecule has 0 amide bonds. The van der Waals surface area contributed by atoms with Crippen LogP contribution in [0.15, 0.2) is 60.7 Å². The molecule has 0 radical (unpaired) electrons. The number of phenolic OH excluding ortho intramolecular Hbond substituents is 8. The molecule has 7 aromatic carbocycles. The lowest BCUT2D eigenvalue weighted by atomic mass is 10.2. The molecule has 10 N–H and O–H groups in total. The van der Waals surface area contributed by atoms with Crippen LogP contribution in [-0.4, -0.2) is 188 Å². The third kappa shape index (κ3) is 42.3. The van der Waals surface area contributed by atoms with Crippen LogP contribution < -0.4 is 75.8 Å². The van der Waals surface area contributed by atoms with Gasteiger partial charge in [0.1, 0.15) is 59.8 Å². The summed E-state index contributed by atoms with van der Waals surface area (Å²) in [5.74, 6) is 0.423. The molecule has 0 aliphatic rings. The molecule has 0 saturated heterocycles. The Morgan fingerprint density at radius 2 is 0.591 bits per heavy atom. The van der Waals surface area contributed by atoms with Gasteiger partial charge in [0.05, 0.1) is 60.5 Å². The minimum Gasteiger partial charge on any atom is -0.507 e. The number of aryl methyl sites for hydroxylation is 1. The smallest absolute Gasteiger partial charge is 0.507 e. The Bertz CT molecular complexity index is 4780. The number of hydrogen-bond acceptors (Lipinski definition) is 36. The highest BCUT2D eigenvalue weighted by molar-refractivity contribution is 14.1. The van der Waals surface area contributed by atoms with E-state index >= 15 is 0 Å². The lowest BCUT2D eigenvalue weighted by Crippen LogP contribution is -2.27. The van der Waals surface area contributed by atoms with Crippen molar-refractivity contribution in [3.05, 3.63) is 91.2 Å². The Labute approximate surface area is 831 Å². The summed E-state index contributed by atoms with van der Waals surface area (Å²) < 4.78 is 117. The molecule has 3 atom stereocenters. The Balaban J connectivity index is 0.00000147. The van der Waals surface area contributed by atoms with E-state index in [1.165, 1.54) is 106 Å². The number of rotatable bonds is 25. The number of benzene rings is 7. The van der Waals surface area contributed by atoms with E-state index in [9.17, 15) is 69.6 Å². The van der Waals surface area contributed by atoms with Gasteiger partial charge in [-0.25, -0.2) is 14.4 Å². The van der Waals surface area contributed by atoms with Crippen LogP contribution in [0.3, 0.4) is 0 Å². The van der Waals surface area contributed by atoms with Crippen molar-refractivity contribution < 1.29 is 179 Å². The Morgan fingerprint density at radius 3 is 0.961 bits per heavy atom. The van der Waals surface area contributed by atoms with Gasteiger partial charge in [0.25, 0.3) is 0 Å². The molecular weight excluding hydrogens is 2480 g/mol. The molecule has 710 valence electrons. The molecule has 7 aromatic rings. The monoisotopic (exact) mass is 2580 g/mol. The van der Waals surface area contributed by atoms with Gasteiger partial charge in [-0.3, -0.25) is 14.4 Å². The van der Waals surface area contributed by atoms with Gasteiger partial charge in [0.15, 0.2) is 105 Å². The van der Waals surface area contributed by atoms with E-state index in [1.807, 2.05) is 115 Å². The summed E-state index contributed by atoms with van der Waals surface area (Å²) in [4.78, 5) is 68.0. The van der Waals surface area contributed by atoms with Crippen molar-refractivity contribution in [1.82, 2.24) is 0 Å². The molecular formula is C83H107I7O37. The van der Waals surface area contributed by atoms with Crippen LogP contribution in [-0.2, 0) is 42.8 Å². The summed E-state index contributed by atoms with van der Waals surface area (Å²) in [7, 11) is 9.94. The SMILES string of the molecule is CCOC(C)Oc1cc(OC)c(C)cc1I.CCOC(C)Oc1cc(OC)c(O)c(OC(C)OCC)c1I.COc1cc(O)c(I)c(O)c1O.COc1cc(OC(=O)OC(C)(C)C)c(I)c(OC(=O)OC(C)(C)C)c1O.COc1cc(OC(=O)OC(C)(C)C)c(I)cc1O.COc1cc(OC(C)=O)c(I)c(OC(C)=O)c1O.COc1cc(OC(C)=O)c(I)cc1O.O. The summed E-state index contributed by atoms with van der Waals surface area (Å²) in [6, 6.07) is 15.2. The lowest BCUT2D eigenvalue weighted by Gasteiger charge is -2.21. The summed E-state index contributed by atoms with van der Waals surface area (Å²) in [5.41, 5.74) is -1.06. The van der Waals surface area contributed by atoms with E-state index < -0.39 is 71.5 Å². The van der Waals surface area contributed by atoms with Crippen LogP contribution in [0.2, 0.25) is 0 Å². The minimum atomic E-state index is -1.03. The third-order valence-electron chi connectivity index (χ3n) is 13.9. The van der Waals surface area contributed by atoms with Crippen LogP contribution >= 0.6 is 158 Å². The maximum atomic E-state index is 11.9. The summed E-state index contributed by atoms with van der Waals surface area (Å²) in [6.07, 6.45) is -3.95. The molecule has 3 unspecified atom stereocenters. The van der Waals surface area contributed by atoms with E-state index in [4.69, 9.17) is 99.5 Å². The predicted molar refractivity (Wildman–Crippen MR) is 521 cm³/mol. The Kier molecular flexibility index (Phi) is 53.8. The second-order valence-electron chi connectivity index (χ2n) is 27.4. The van der Waals surface area contributed by atoms with Crippen molar-refractivity contribution in [2.75, 3.05) is 69.6 Å². The summed E-state index contributed by atoms with van der Waals surface area (Å²) >= 11 is 13.5. The number of esters is 3. The Hall–Kier alpha value is -7.89. The molecule has 0 aliphatic heterocycles. The van der Waals surface area contributed by atoms with Gasteiger partial charge in [-0.1, -0.05) is 0 Å². The maximum Gasteiger partial charge on any atom is 0.514 e. The van der Waals surface area contributed by atoms with Crippen LogP contribution in [0.4, 0.5) is 14.4 Å². The summed E-state index contributed by atoms with van der Waals surface area (Å²) in [6.45, 7) is 33.9. The van der Waals surface area contributed by atoms with Gasteiger partial charge in [0.2, 0.25) is 23.0 Å². The van der Waals surface area contributed by atoms with Crippen molar-refractivity contribution in [2.24, 2.45) is 0 Å². The van der Waals surface area contributed by atoms with Crippen molar-refractivity contribution in [3.63, 3.8) is 0 Å². The first-order valence-electron chi connectivity index (χ1n) is 36.8. The van der Waals surface area contributed by atoms with Gasteiger partial charge < -0.3 is 151 Å². The highest BCUT2D eigenvalue weighted by atomic mass is 127. The van der Waals surface area contributed by atoms with Crippen LogP contribution in [0.1, 0.15) is 130 Å². The fourth-order valence-electron chi connectivity index (χ4n) is 8.82. The molecule has 127 heavy (non-hydrogen) atoms. The second kappa shape index (κ2) is 57.3. The highest BCUT2D eigenvalue weighted by Gasteiger charge is 2.30. The van der Waals surface area contributed by atoms with Gasteiger partial charge in [-0.05, 0) is 281 Å². The first-order valence-corrected chi connectivity index (χ1v) is 44.4. The quantitative estimate of drug-likeness (QED) is 0.00385. The molecule has 44 heteroatoms. The van der Waals surface area contributed by atoms with Gasteiger partial charge >= 0.3 is 36.4 Å². The first-order chi connectivity index (χ1) is 58.5. The topological polar surface area (TPSA) is 499 Å². The third-order valence-corrected chi connectivity index (χ3v) is 20.6. The number of carbonyl (C=O) groups is 6. The van der Waals surface area contributed by atoms with Crippen molar-refractivity contribution in [3.8, 4) is 138 Å². The summed E-state index contributed by atoms with van der Waals surface area (Å²) in [5, 5.41) is 76.8. The number of carbonyl (C=O) groups excluding carboxylic acids is 6. The fraction of sp³-hybridized carbons (Fsp3) is 0.422. The fourth-order valence-corrected chi connectivity index (χ4v) is 13.0. The van der Waals surface area contributed by atoms with E-state index in [0.717, 1.165) is 20.6 Å². The number of ether oxygens (including phenoxy) is 22. The van der Waals surface area contributed by atoms with Crippen molar-refractivity contribution in [2.45, 2.75) is 167 Å². The number of halogens is 7. The zero-order valence-electron chi connectivity index (χ0n) is 74.3. The first kappa shape index (κ1) is 119. The average molecular weight is 2590 g/mol. The molecule has 0 fully saturated rings. The molecule has 0 bridgehead atoms. The zero-order valence-corrected chi connectivity index (χ0v) is 89.4. The number of phenols is 8. The maximum absolute atomic E-state index is 11.9. The molecule has 0 aliphatic carbocycles. The second-order valence-corrected chi connectivity index (χ2v) is 35.2. The number of methoxy groups -OCH3 is 7. The van der Waals surface area contributed by atoms with E-state index in [2.05, 4.69) is 27.3 Å². The van der Waals surface area contributed by atoms with Crippen molar-refractivity contribution in [1.29, 1.82) is 0 Å². The molecule has 7 rings (SSSR count). The molecule has 37 nitrogen and oxygen atoms in total. The minimum absolute atomic E-state index is 0. The Morgan fingerprint density at radius 1 is 0.307 bits per heavy atom. The number of aromatic hydroxyl groups is 8. The van der Waals surface area contributed by atoms with Crippen LogP contribution in [0.5, 0.6) is 138 Å². The molecule has 0 aromatic heterocycles. The normalized spacial score (nSPS) is 11.2. The van der Waals surface area contributed by atoms with Crippen LogP contribution in [0.25, 0.3) is 0 Å². The highest BCUT2D eigenvalue weighted by Crippen LogP contribution is 2.50. The van der Waals surface area contributed by atoms with E-state index in [0.29, 0.717) is 45.6 Å². The molecule has 0 saturated carbocycles. The average Bonchev–Trinajstić information content (AvgIpc) is 0.807. The predicted octanol–water partition coefficient (Wildman–Crippen LogP) is 19.2. The zero-order chi connectivity index (χ0) is 96.9. The molecule has 0 heterocycles. The lowest BCUT2D eigenvalue weighted by molar-refractivity contribution is -0.133. The van der Waals surface area contributed by atoms with Gasteiger partial charge in [-0.2, -0.15) is 0 Å². The molecule has 0 spiro atoms. The largest absolute Gasteiger partial charge is 0.514 e. The van der Waals surface area contributed by atoms with E-state index in [-0.39, 0.29) is 128 Å². The van der Waals surface area contributed by atoms with Gasteiger partial charge in [0, 0.05) is 95.2 Å². The van der Waals surface area contributed by atoms with E-state index in [1.54, 1.807) is 157 Å². The number of hydrogen-bond donors (Lipinski definition) is 8.